The summed E-state index contributed by atoms with van der Waals surface area (Å²) in [5.41, 5.74) is 3.55. The Hall–Kier alpha value is -3.15. The summed E-state index contributed by atoms with van der Waals surface area (Å²) in [6.45, 7) is 3.20. The van der Waals surface area contributed by atoms with E-state index >= 15 is 0 Å². The smallest absolute Gasteiger partial charge is 0.314 e. The van der Waals surface area contributed by atoms with Crippen LogP contribution in [0, 0.1) is 5.82 Å². The Labute approximate surface area is 151 Å². The number of benzene rings is 2. The maximum absolute atomic E-state index is 13.2. The Balaban J connectivity index is 1.61. The van der Waals surface area contributed by atoms with E-state index < -0.39 is 0 Å². The lowest BCUT2D eigenvalue weighted by Crippen LogP contribution is -2.43. The summed E-state index contributed by atoms with van der Waals surface area (Å²) >= 11 is 0. The molecular formula is C20H19FN4O. The Morgan fingerprint density at radius 1 is 1.12 bits per heavy atom. The SMILES string of the molecule is CC1c2c(-c3ccc(F)cc3)cnn2CCN1C(=O)Nc1ccccc1. The fraction of sp³-hybridized carbons (Fsp3) is 0.200. The molecule has 0 spiro atoms. The molecule has 0 aliphatic carbocycles. The number of fused-ring (bicyclic) bond motifs is 1. The minimum Gasteiger partial charge on any atom is -0.314 e. The second-order valence-electron chi connectivity index (χ2n) is 6.34. The van der Waals surface area contributed by atoms with E-state index in [4.69, 9.17) is 0 Å². The van der Waals surface area contributed by atoms with Crippen molar-refractivity contribution in [1.29, 1.82) is 0 Å². The molecule has 1 aromatic heterocycles. The summed E-state index contributed by atoms with van der Waals surface area (Å²) < 4.78 is 15.2. The first-order chi connectivity index (χ1) is 12.6. The van der Waals surface area contributed by atoms with Gasteiger partial charge in [-0.1, -0.05) is 30.3 Å². The van der Waals surface area contributed by atoms with Gasteiger partial charge in [-0.05, 0) is 36.8 Å². The molecule has 2 heterocycles. The lowest BCUT2D eigenvalue weighted by atomic mass is 10.0. The Bertz CT molecular complexity index is 921. The highest BCUT2D eigenvalue weighted by molar-refractivity contribution is 5.89. The number of rotatable bonds is 2. The van der Waals surface area contributed by atoms with Crippen LogP contribution in [0.5, 0.6) is 0 Å². The van der Waals surface area contributed by atoms with Gasteiger partial charge >= 0.3 is 6.03 Å². The van der Waals surface area contributed by atoms with Gasteiger partial charge in [0.25, 0.3) is 0 Å². The number of hydrogen-bond acceptors (Lipinski definition) is 2. The van der Waals surface area contributed by atoms with E-state index in [1.165, 1.54) is 12.1 Å². The fourth-order valence-electron chi connectivity index (χ4n) is 3.40. The molecule has 2 amide bonds. The fourth-order valence-corrected chi connectivity index (χ4v) is 3.40. The van der Waals surface area contributed by atoms with E-state index in [0.717, 1.165) is 22.5 Å². The third kappa shape index (κ3) is 2.94. The molecular weight excluding hydrogens is 331 g/mol. The van der Waals surface area contributed by atoms with Crippen molar-refractivity contribution < 1.29 is 9.18 Å². The van der Waals surface area contributed by atoms with Gasteiger partial charge in [0.2, 0.25) is 0 Å². The lowest BCUT2D eigenvalue weighted by molar-refractivity contribution is 0.172. The molecule has 0 saturated carbocycles. The van der Waals surface area contributed by atoms with Crippen LogP contribution in [0.4, 0.5) is 14.9 Å². The summed E-state index contributed by atoms with van der Waals surface area (Å²) in [6, 6.07) is 15.5. The highest BCUT2D eigenvalue weighted by Gasteiger charge is 2.31. The largest absolute Gasteiger partial charge is 0.322 e. The van der Waals surface area contributed by atoms with Crippen LogP contribution in [0.25, 0.3) is 11.1 Å². The van der Waals surface area contributed by atoms with Gasteiger partial charge in [0.15, 0.2) is 0 Å². The normalized spacial score (nSPS) is 16.2. The van der Waals surface area contributed by atoms with E-state index in [1.54, 1.807) is 23.2 Å². The Morgan fingerprint density at radius 3 is 2.58 bits per heavy atom. The van der Waals surface area contributed by atoms with Crippen LogP contribution in [-0.4, -0.2) is 27.3 Å². The number of amides is 2. The molecule has 6 heteroatoms. The molecule has 3 aromatic rings. The van der Waals surface area contributed by atoms with Crippen LogP contribution in [0.2, 0.25) is 0 Å². The van der Waals surface area contributed by atoms with Crippen LogP contribution in [0.3, 0.4) is 0 Å². The van der Waals surface area contributed by atoms with E-state index in [-0.39, 0.29) is 17.9 Å². The van der Waals surface area contributed by atoms with Crippen LogP contribution < -0.4 is 5.32 Å². The van der Waals surface area contributed by atoms with E-state index in [0.29, 0.717) is 13.1 Å². The van der Waals surface area contributed by atoms with Crippen LogP contribution in [0.1, 0.15) is 18.7 Å². The number of carbonyl (C=O) groups is 1. The van der Waals surface area contributed by atoms with Gasteiger partial charge < -0.3 is 10.2 Å². The molecule has 1 N–H and O–H groups in total. The first-order valence-corrected chi connectivity index (χ1v) is 8.58. The van der Waals surface area contributed by atoms with Crippen molar-refractivity contribution in [3.8, 4) is 11.1 Å². The predicted molar refractivity (Wildman–Crippen MR) is 98.2 cm³/mol. The monoisotopic (exact) mass is 350 g/mol. The highest BCUT2D eigenvalue weighted by Crippen LogP contribution is 2.34. The van der Waals surface area contributed by atoms with E-state index in [1.807, 2.05) is 41.9 Å². The van der Waals surface area contributed by atoms with Crippen molar-refractivity contribution in [2.45, 2.75) is 19.5 Å². The zero-order valence-corrected chi connectivity index (χ0v) is 14.4. The number of aromatic nitrogens is 2. The number of nitrogens with one attached hydrogen (secondary N) is 1. The molecule has 0 radical (unpaired) electrons. The minimum atomic E-state index is -0.272. The minimum absolute atomic E-state index is 0.138. The average Bonchev–Trinajstić information content (AvgIpc) is 3.08. The summed E-state index contributed by atoms with van der Waals surface area (Å²) in [6.07, 6.45) is 1.79. The van der Waals surface area contributed by atoms with Gasteiger partial charge in [-0.25, -0.2) is 9.18 Å². The van der Waals surface area contributed by atoms with E-state index in [2.05, 4.69) is 10.4 Å². The zero-order valence-electron chi connectivity index (χ0n) is 14.4. The van der Waals surface area contributed by atoms with Gasteiger partial charge in [-0.2, -0.15) is 5.10 Å². The lowest BCUT2D eigenvalue weighted by Gasteiger charge is -2.34. The molecule has 1 unspecified atom stereocenters. The van der Waals surface area contributed by atoms with Crippen molar-refractivity contribution in [2.75, 3.05) is 11.9 Å². The third-order valence-corrected chi connectivity index (χ3v) is 4.74. The molecule has 4 rings (SSSR count). The number of anilines is 1. The zero-order chi connectivity index (χ0) is 18.1. The van der Waals surface area contributed by atoms with Crippen LogP contribution >= 0.6 is 0 Å². The standard InChI is InChI=1S/C20H19FN4O/c1-14-19-18(15-7-9-16(21)10-8-15)13-22-25(19)12-11-24(14)20(26)23-17-5-3-2-4-6-17/h2-10,13-14H,11-12H2,1H3,(H,23,26). The molecule has 1 aliphatic rings. The summed E-state index contributed by atoms with van der Waals surface area (Å²) in [5, 5.41) is 7.39. The first kappa shape index (κ1) is 16.3. The number of para-hydroxylation sites is 1. The number of urea groups is 1. The quantitative estimate of drug-likeness (QED) is 0.749. The van der Waals surface area contributed by atoms with Gasteiger partial charge in [-0.15, -0.1) is 0 Å². The predicted octanol–water partition coefficient (Wildman–Crippen LogP) is 4.30. The van der Waals surface area contributed by atoms with Crippen LogP contribution in [-0.2, 0) is 6.54 Å². The summed E-state index contributed by atoms with van der Waals surface area (Å²) in [7, 11) is 0. The third-order valence-electron chi connectivity index (χ3n) is 4.74. The second-order valence-corrected chi connectivity index (χ2v) is 6.34. The van der Waals surface area contributed by atoms with Gasteiger partial charge in [-0.3, -0.25) is 4.68 Å². The van der Waals surface area contributed by atoms with Crippen molar-refractivity contribution >= 4 is 11.7 Å². The highest BCUT2D eigenvalue weighted by atomic mass is 19.1. The molecule has 132 valence electrons. The second kappa shape index (κ2) is 6.63. The summed E-state index contributed by atoms with van der Waals surface area (Å²) in [4.78, 5) is 14.5. The number of carbonyl (C=O) groups excluding carboxylic acids is 1. The van der Waals surface area contributed by atoms with Crippen molar-refractivity contribution in [3.05, 3.63) is 72.3 Å². The topological polar surface area (TPSA) is 50.2 Å². The molecule has 26 heavy (non-hydrogen) atoms. The van der Waals surface area contributed by atoms with Crippen LogP contribution in [0.15, 0.2) is 60.8 Å². The van der Waals surface area contributed by atoms with Crippen molar-refractivity contribution in [3.63, 3.8) is 0 Å². The molecule has 0 bridgehead atoms. The number of nitrogens with zero attached hydrogens (tertiary/aromatic N) is 3. The molecule has 0 fully saturated rings. The average molecular weight is 350 g/mol. The maximum Gasteiger partial charge on any atom is 0.322 e. The molecule has 1 atom stereocenters. The number of hydrogen-bond donors (Lipinski definition) is 1. The molecule has 0 saturated heterocycles. The van der Waals surface area contributed by atoms with Gasteiger partial charge in [0.1, 0.15) is 5.82 Å². The Kier molecular flexibility index (Phi) is 4.16. The molecule has 1 aliphatic heterocycles. The van der Waals surface area contributed by atoms with Gasteiger partial charge in [0, 0.05) is 17.8 Å². The summed E-state index contributed by atoms with van der Waals surface area (Å²) in [5.74, 6) is -0.272. The van der Waals surface area contributed by atoms with Gasteiger partial charge in [0.05, 0.1) is 24.5 Å². The first-order valence-electron chi connectivity index (χ1n) is 8.58. The molecule has 5 nitrogen and oxygen atoms in total. The Morgan fingerprint density at radius 2 is 1.85 bits per heavy atom. The number of halogens is 1. The maximum atomic E-state index is 13.2. The van der Waals surface area contributed by atoms with Crippen molar-refractivity contribution in [1.82, 2.24) is 14.7 Å². The van der Waals surface area contributed by atoms with Crippen molar-refractivity contribution in [2.24, 2.45) is 0 Å². The van der Waals surface area contributed by atoms with E-state index in [9.17, 15) is 9.18 Å². The molecule has 2 aromatic carbocycles.